The molecule has 2 aromatic carbocycles. The highest BCUT2D eigenvalue weighted by Crippen LogP contribution is 2.33. The maximum atomic E-state index is 14.0. The standard InChI is InChI=1S/C17H12F2N2O2/c18-11-2-3-12(19)17-16(11)13(5-6-20-17)21-8-10-1-4-14-15(7-10)23-9-22-14/h1-7H,8-9H2,(H,20,21). The van der Waals surface area contributed by atoms with Crippen LogP contribution in [0, 0.1) is 11.6 Å². The molecular formula is C17H12F2N2O2. The largest absolute Gasteiger partial charge is 0.454 e. The summed E-state index contributed by atoms with van der Waals surface area (Å²) in [4.78, 5) is 3.91. The predicted octanol–water partition coefficient (Wildman–Crippen LogP) is 3.85. The summed E-state index contributed by atoms with van der Waals surface area (Å²) in [6, 6.07) is 9.37. The SMILES string of the molecule is Fc1ccc(F)c2c(NCc3ccc4c(c3)OCO4)ccnc12. The number of fused-ring (bicyclic) bond motifs is 2. The van der Waals surface area contributed by atoms with Gasteiger partial charge in [-0.15, -0.1) is 0 Å². The molecule has 1 aliphatic heterocycles. The highest BCUT2D eigenvalue weighted by molar-refractivity contribution is 5.91. The molecule has 4 rings (SSSR count). The van der Waals surface area contributed by atoms with Gasteiger partial charge in [-0.3, -0.25) is 4.98 Å². The highest BCUT2D eigenvalue weighted by Gasteiger charge is 2.14. The smallest absolute Gasteiger partial charge is 0.231 e. The lowest BCUT2D eigenvalue weighted by atomic mass is 10.1. The lowest BCUT2D eigenvalue weighted by Gasteiger charge is -2.11. The van der Waals surface area contributed by atoms with Crippen molar-refractivity contribution in [3.63, 3.8) is 0 Å². The van der Waals surface area contributed by atoms with Gasteiger partial charge in [-0.1, -0.05) is 6.07 Å². The van der Waals surface area contributed by atoms with Gasteiger partial charge in [0.15, 0.2) is 11.5 Å². The molecule has 0 aliphatic carbocycles. The van der Waals surface area contributed by atoms with Crippen molar-refractivity contribution in [1.29, 1.82) is 0 Å². The average molecular weight is 314 g/mol. The van der Waals surface area contributed by atoms with E-state index in [1.165, 1.54) is 6.20 Å². The number of anilines is 1. The number of ether oxygens (including phenoxy) is 2. The van der Waals surface area contributed by atoms with E-state index < -0.39 is 11.6 Å². The summed E-state index contributed by atoms with van der Waals surface area (Å²) in [5.74, 6) is 0.327. The van der Waals surface area contributed by atoms with E-state index in [1.54, 1.807) is 6.07 Å². The third-order valence-corrected chi connectivity index (χ3v) is 3.71. The molecule has 0 radical (unpaired) electrons. The van der Waals surface area contributed by atoms with Crippen molar-refractivity contribution in [3.8, 4) is 11.5 Å². The van der Waals surface area contributed by atoms with E-state index in [9.17, 15) is 8.78 Å². The molecule has 0 saturated heterocycles. The summed E-state index contributed by atoms with van der Waals surface area (Å²) in [6.07, 6.45) is 1.45. The van der Waals surface area contributed by atoms with E-state index >= 15 is 0 Å². The molecule has 4 nitrogen and oxygen atoms in total. The molecule has 23 heavy (non-hydrogen) atoms. The van der Waals surface area contributed by atoms with Crippen LogP contribution in [0.5, 0.6) is 11.5 Å². The van der Waals surface area contributed by atoms with Gasteiger partial charge in [0.05, 0.1) is 5.39 Å². The van der Waals surface area contributed by atoms with Gasteiger partial charge in [-0.05, 0) is 35.9 Å². The molecule has 0 atom stereocenters. The average Bonchev–Trinajstić information content (AvgIpc) is 3.04. The van der Waals surface area contributed by atoms with Crippen LogP contribution in [-0.4, -0.2) is 11.8 Å². The minimum absolute atomic E-state index is 0.0145. The van der Waals surface area contributed by atoms with E-state index in [0.29, 0.717) is 23.7 Å². The van der Waals surface area contributed by atoms with Gasteiger partial charge in [0, 0.05) is 18.4 Å². The molecule has 6 heteroatoms. The van der Waals surface area contributed by atoms with E-state index in [4.69, 9.17) is 9.47 Å². The zero-order chi connectivity index (χ0) is 15.8. The summed E-state index contributed by atoms with van der Waals surface area (Å²) in [7, 11) is 0. The van der Waals surface area contributed by atoms with Crippen molar-refractivity contribution in [2.45, 2.75) is 6.54 Å². The van der Waals surface area contributed by atoms with Crippen molar-refractivity contribution in [1.82, 2.24) is 4.98 Å². The van der Waals surface area contributed by atoms with Crippen LogP contribution in [0.2, 0.25) is 0 Å². The van der Waals surface area contributed by atoms with Crippen molar-refractivity contribution in [2.24, 2.45) is 0 Å². The van der Waals surface area contributed by atoms with E-state index in [0.717, 1.165) is 17.7 Å². The first kappa shape index (κ1) is 13.8. The molecule has 116 valence electrons. The van der Waals surface area contributed by atoms with Crippen LogP contribution in [0.15, 0.2) is 42.6 Å². The number of benzene rings is 2. The van der Waals surface area contributed by atoms with Gasteiger partial charge < -0.3 is 14.8 Å². The number of hydrogen-bond donors (Lipinski definition) is 1. The topological polar surface area (TPSA) is 43.4 Å². The second kappa shape index (κ2) is 5.39. The molecule has 1 aromatic heterocycles. The first-order valence-corrected chi connectivity index (χ1v) is 7.07. The lowest BCUT2D eigenvalue weighted by molar-refractivity contribution is 0.174. The quantitative estimate of drug-likeness (QED) is 0.797. The maximum absolute atomic E-state index is 14.0. The van der Waals surface area contributed by atoms with Gasteiger partial charge in [0.1, 0.15) is 17.2 Å². The van der Waals surface area contributed by atoms with Crippen LogP contribution in [0.3, 0.4) is 0 Å². The molecule has 1 N–H and O–H groups in total. The monoisotopic (exact) mass is 314 g/mol. The van der Waals surface area contributed by atoms with Gasteiger partial charge in [-0.25, -0.2) is 8.78 Å². The third kappa shape index (κ3) is 2.42. The Morgan fingerprint density at radius 1 is 1.00 bits per heavy atom. The Bertz CT molecular complexity index is 899. The first-order valence-electron chi connectivity index (χ1n) is 7.07. The van der Waals surface area contributed by atoms with Crippen LogP contribution in [0.25, 0.3) is 10.9 Å². The van der Waals surface area contributed by atoms with Crippen molar-refractivity contribution in [2.75, 3.05) is 12.1 Å². The molecular weight excluding hydrogens is 302 g/mol. The van der Waals surface area contributed by atoms with E-state index in [2.05, 4.69) is 10.3 Å². The Morgan fingerprint density at radius 3 is 2.74 bits per heavy atom. The van der Waals surface area contributed by atoms with E-state index in [-0.39, 0.29) is 17.7 Å². The zero-order valence-electron chi connectivity index (χ0n) is 12.0. The van der Waals surface area contributed by atoms with E-state index in [1.807, 2.05) is 18.2 Å². The Labute approximate surface area is 130 Å². The minimum atomic E-state index is -0.548. The number of halogens is 2. The first-order chi connectivity index (χ1) is 11.2. The molecule has 0 unspecified atom stereocenters. The van der Waals surface area contributed by atoms with Crippen molar-refractivity contribution < 1.29 is 18.3 Å². The number of pyridine rings is 1. The number of aromatic nitrogens is 1. The maximum Gasteiger partial charge on any atom is 0.231 e. The Morgan fingerprint density at radius 2 is 1.83 bits per heavy atom. The van der Waals surface area contributed by atoms with Gasteiger partial charge >= 0.3 is 0 Å². The van der Waals surface area contributed by atoms with Gasteiger partial charge in [-0.2, -0.15) is 0 Å². The molecule has 0 saturated carbocycles. The normalized spacial score (nSPS) is 12.6. The second-order valence-electron chi connectivity index (χ2n) is 5.15. The third-order valence-electron chi connectivity index (χ3n) is 3.71. The lowest BCUT2D eigenvalue weighted by Crippen LogP contribution is -2.02. The fourth-order valence-corrected chi connectivity index (χ4v) is 2.59. The number of rotatable bonds is 3. The molecule has 0 amide bonds. The van der Waals surface area contributed by atoms with Crippen LogP contribution in [-0.2, 0) is 6.54 Å². The second-order valence-corrected chi connectivity index (χ2v) is 5.15. The molecule has 3 aromatic rings. The van der Waals surface area contributed by atoms with Crippen LogP contribution in [0.1, 0.15) is 5.56 Å². The number of nitrogens with one attached hydrogen (secondary N) is 1. The summed E-state index contributed by atoms with van der Waals surface area (Å²) in [5.41, 5.74) is 1.45. The number of hydrogen-bond acceptors (Lipinski definition) is 4. The summed E-state index contributed by atoms with van der Waals surface area (Å²) in [6.45, 7) is 0.650. The van der Waals surface area contributed by atoms with Crippen LogP contribution < -0.4 is 14.8 Å². The van der Waals surface area contributed by atoms with Gasteiger partial charge in [0.25, 0.3) is 0 Å². The summed E-state index contributed by atoms with van der Waals surface area (Å²) in [5, 5.41) is 3.27. The fraction of sp³-hybridized carbons (Fsp3) is 0.118. The van der Waals surface area contributed by atoms with Crippen molar-refractivity contribution >= 4 is 16.6 Å². The number of nitrogens with zero attached hydrogens (tertiary/aromatic N) is 1. The van der Waals surface area contributed by atoms with Gasteiger partial charge in [0.2, 0.25) is 6.79 Å². The van der Waals surface area contributed by atoms with Crippen LogP contribution in [0.4, 0.5) is 14.5 Å². The Kier molecular flexibility index (Phi) is 3.22. The molecule has 0 fully saturated rings. The van der Waals surface area contributed by atoms with Crippen LogP contribution >= 0.6 is 0 Å². The minimum Gasteiger partial charge on any atom is -0.454 e. The molecule has 1 aliphatic rings. The summed E-state index contributed by atoms with van der Waals surface area (Å²) < 4.78 is 38.4. The zero-order valence-corrected chi connectivity index (χ0v) is 12.0. The predicted molar refractivity (Wildman–Crippen MR) is 81.6 cm³/mol. The molecule has 0 spiro atoms. The molecule has 0 bridgehead atoms. The summed E-state index contributed by atoms with van der Waals surface area (Å²) >= 11 is 0. The van der Waals surface area contributed by atoms with Crippen molar-refractivity contribution in [3.05, 3.63) is 59.8 Å². The fourth-order valence-electron chi connectivity index (χ4n) is 2.59. The Balaban J connectivity index is 1.65. The highest BCUT2D eigenvalue weighted by atomic mass is 19.1. The Hall–Kier alpha value is -2.89. The molecule has 2 heterocycles.